The summed E-state index contributed by atoms with van der Waals surface area (Å²) in [5, 5.41) is 1.98. The number of hydrogen-bond donors (Lipinski definition) is 0. The lowest BCUT2D eigenvalue weighted by atomic mass is 9.98. The van der Waals surface area contributed by atoms with Gasteiger partial charge in [0.05, 0.1) is 5.56 Å². The van der Waals surface area contributed by atoms with Crippen LogP contribution in [-0.4, -0.2) is 5.78 Å². The molecule has 0 aliphatic heterocycles. The molecule has 112 valence electrons. The smallest absolute Gasteiger partial charge is 0.294 e. The van der Waals surface area contributed by atoms with Crippen molar-refractivity contribution >= 4 is 17.1 Å². The van der Waals surface area contributed by atoms with E-state index in [4.69, 9.17) is 0 Å². The highest BCUT2D eigenvalue weighted by atomic mass is 32.1. The third-order valence-electron chi connectivity index (χ3n) is 3.26. The highest BCUT2D eigenvalue weighted by Gasteiger charge is 2.30. The molecule has 0 radical (unpaired) electrons. The number of halogens is 3. The number of hydrogen-bond acceptors (Lipinski definition) is 2. The summed E-state index contributed by atoms with van der Waals surface area (Å²) in [6.07, 6.45) is -2.49. The van der Waals surface area contributed by atoms with Gasteiger partial charge in [0.25, 0.3) is 0 Å². The van der Waals surface area contributed by atoms with Crippen LogP contribution in [0.25, 0.3) is 0 Å². The molecule has 1 heterocycles. The minimum Gasteiger partial charge on any atom is -0.294 e. The van der Waals surface area contributed by atoms with Crippen molar-refractivity contribution in [1.29, 1.82) is 0 Å². The fourth-order valence-corrected chi connectivity index (χ4v) is 2.92. The Kier molecular flexibility index (Phi) is 4.83. The Hall–Kier alpha value is -1.62. The average molecular weight is 312 g/mol. The van der Waals surface area contributed by atoms with Gasteiger partial charge in [0.2, 0.25) is 0 Å². The number of aryl methyl sites for hydroxylation is 2. The van der Waals surface area contributed by atoms with E-state index in [2.05, 4.69) is 0 Å². The van der Waals surface area contributed by atoms with Gasteiger partial charge in [-0.2, -0.15) is 13.2 Å². The average Bonchev–Trinajstić information content (AvgIpc) is 2.90. The molecule has 2 rings (SSSR count). The molecule has 0 aliphatic rings. The highest BCUT2D eigenvalue weighted by molar-refractivity contribution is 7.09. The maximum absolute atomic E-state index is 12.6. The third kappa shape index (κ3) is 4.17. The van der Waals surface area contributed by atoms with E-state index < -0.39 is 11.7 Å². The molecule has 1 aromatic carbocycles. The first-order valence-corrected chi connectivity index (χ1v) is 7.49. The highest BCUT2D eigenvalue weighted by Crippen LogP contribution is 2.30. The molecule has 2 aromatic rings. The predicted molar refractivity (Wildman–Crippen MR) is 77.8 cm³/mol. The Morgan fingerprint density at radius 2 is 2.00 bits per heavy atom. The van der Waals surface area contributed by atoms with Crippen molar-refractivity contribution in [2.45, 2.75) is 32.4 Å². The number of Topliss-reactive ketones (excluding diaryl/α,β-unsaturated/α-hetero) is 1. The van der Waals surface area contributed by atoms with Crippen LogP contribution in [0.5, 0.6) is 0 Å². The molecule has 5 heteroatoms. The van der Waals surface area contributed by atoms with Crippen molar-refractivity contribution < 1.29 is 18.0 Å². The van der Waals surface area contributed by atoms with Gasteiger partial charge in [0, 0.05) is 16.9 Å². The van der Waals surface area contributed by atoms with Crippen LogP contribution >= 0.6 is 11.3 Å². The summed E-state index contributed by atoms with van der Waals surface area (Å²) in [7, 11) is 0. The van der Waals surface area contributed by atoms with Crippen LogP contribution in [-0.2, 0) is 12.6 Å². The quantitative estimate of drug-likeness (QED) is 0.686. The molecule has 0 unspecified atom stereocenters. The molecule has 0 bridgehead atoms. The number of carbonyl (C=O) groups is 1. The molecule has 0 amide bonds. The van der Waals surface area contributed by atoms with E-state index in [-0.39, 0.29) is 5.78 Å². The fourth-order valence-electron chi connectivity index (χ4n) is 2.17. The van der Waals surface area contributed by atoms with Crippen LogP contribution in [0.1, 0.15) is 39.2 Å². The molecule has 0 fully saturated rings. The van der Waals surface area contributed by atoms with Gasteiger partial charge in [-0.1, -0.05) is 12.1 Å². The molecule has 0 saturated heterocycles. The summed E-state index contributed by atoms with van der Waals surface area (Å²) in [5.74, 6) is -0.0993. The van der Waals surface area contributed by atoms with Crippen LogP contribution in [0.3, 0.4) is 0 Å². The summed E-state index contributed by atoms with van der Waals surface area (Å²) >= 11 is 1.64. The Morgan fingerprint density at radius 3 is 2.57 bits per heavy atom. The van der Waals surface area contributed by atoms with Crippen molar-refractivity contribution in [3.8, 4) is 0 Å². The summed E-state index contributed by atoms with van der Waals surface area (Å²) in [5.41, 5.74) is 0.0512. The summed E-state index contributed by atoms with van der Waals surface area (Å²) in [4.78, 5) is 13.3. The summed E-state index contributed by atoms with van der Waals surface area (Å²) in [6.45, 7) is 1.54. The summed E-state index contributed by atoms with van der Waals surface area (Å²) in [6, 6.07) is 7.26. The summed E-state index contributed by atoms with van der Waals surface area (Å²) < 4.78 is 37.7. The van der Waals surface area contributed by atoms with E-state index in [1.165, 1.54) is 10.9 Å². The fraction of sp³-hybridized carbons (Fsp3) is 0.312. The molecule has 1 aromatic heterocycles. The largest absolute Gasteiger partial charge is 0.416 e. The zero-order chi connectivity index (χ0) is 15.5. The van der Waals surface area contributed by atoms with E-state index in [1.54, 1.807) is 18.3 Å². The first-order valence-electron chi connectivity index (χ1n) is 6.61. The Labute approximate surface area is 125 Å². The van der Waals surface area contributed by atoms with Crippen LogP contribution in [0.15, 0.2) is 35.7 Å². The molecule has 0 aliphatic carbocycles. The van der Waals surface area contributed by atoms with Crippen LogP contribution in [0.4, 0.5) is 13.2 Å². The van der Waals surface area contributed by atoms with Crippen LogP contribution < -0.4 is 0 Å². The Balaban J connectivity index is 1.99. The first-order chi connectivity index (χ1) is 9.88. The lowest BCUT2D eigenvalue weighted by Gasteiger charge is -2.10. The topological polar surface area (TPSA) is 17.1 Å². The monoisotopic (exact) mass is 312 g/mol. The normalized spacial score (nSPS) is 11.6. The lowest BCUT2D eigenvalue weighted by molar-refractivity contribution is -0.137. The number of ketones is 1. The van der Waals surface area contributed by atoms with Gasteiger partial charge < -0.3 is 0 Å². The zero-order valence-corrected chi connectivity index (χ0v) is 12.4. The van der Waals surface area contributed by atoms with Crippen molar-refractivity contribution in [3.63, 3.8) is 0 Å². The van der Waals surface area contributed by atoms with E-state index >= 15 is 0 Å². The van der Waals surface area contributed by atoms with Gasteiger partial charge in [-0.05, 0) is 48.9 Å². The molecule has 0 saturated carbocycles. The van der Waals surface area contributed by atoms with Gasteiger partial charge in [-0.15, -0.1) is 11.3 Å². The Bertz CT molecular complexity index is 615. The molecule has 0 spiro atoms. The van der Waals surface area contributed by atoms with Gasteiger partial charge >= 0.3 is 6.18 Å². The Morgan fingerprint density at radius 1 is 1.24 bits per heavy atom. The van der Waals surface area contributed by atoms with Crippen molar-refractivity contribution in [2.24, 2.45) is 0 Å². The standard InChI is InChI=1S/C16H15F3OS/c1-11-10-12(16(17,18)19)7-8-14(11)15(20)6-2-4-13-5-3-9-21-13/h3,5,7-10H,2,4,6H2,1H3. The number of carbonyl (C=O) groups excluding carboxylic acids is 1. The second-order valence-electron chi connectivity index (χ2n) is 4.88. The molecule has 0 atom stereocenters. The van der Waals surface area contributed by atoms with Crippen LogP contribution in [0, 0.1) is 6.92 Å². The maximum Gasteiger partial charge on any atom is 0.416 e. The minimum atomic E-state index is -4.37. The second-order valence-corrected chi connectivity index (χ2v) is 5.92. The van der Waals surface area contributed by atoms with Gasteiger partial charge in [0.1, 0.15) is 0 Å². The van der Waals surface area contributed by atoms with Gasteiger partial charge in [-0.3, -0.25) is 4.79 Å². The number of benzene rings is 1. The number of rotatable bonds is 5. The minimum absolute atomic E-state index is 0.0993. The van der Waals surface area contributed by atoms with Crippen molar-refractivity contribution in [3.05, 3.63) is 57.3 Å². The molecule has 1 nitrogen and oxygen atoms in total. The van der Waals surface area contributed by atoms with E-state index in [9.17, 15) is 18.0 Å². The SMILES string of the molecule is Cc1cc(C(F)(F)F)ccc1C(=O)CCCc1cccs1. The number of thiophene rings is 1. The van der Waals surface area contributed by atoms with Gasteiger partial charge in [0.15, 0.2) is 5.78 Å². The molecule has 0 N–H and O–H groups in total. The predicted octanol–water partition coefficient (Wildman–Crippen LogP) is 5.28. The van der Waals surface area contributed by atoms with E-state index in [1.807, 2.05) is 17.5 Å². The molecular weight excluding hydrogens is 297 g/mol. The number of alkyl halides is 3. The maximum atomic E-state index is 12.6. The van der Waals surface area contributed by atoms with Gasteiger partial charge in [-0.25, -0.2) is 0 Å². The van der Waals surface area contributed by atoms with E-state index in [0.717, 1.165) is 18.6 Å². The first kappa shape index (κ1) is 15.8. The zero-order valence-electron chi connectivity index (χ0n) is 11.5. The van der Waals surface area contributed by atoms with E-state index in [0.29, 0.717) is 24.0 Å². The second kappa shape index (κ2) is 6.43. The van der Waals surface area contributed by atoms with Crippen LogP contribution in [0.2, 0.25) is 0 Å². The molecular formula is C16H15F3OS. The third-order valence-corrected chi connectivity index (χ3v) is 4.20. The lowest BCUT2D eigenvalue weighted by Crippen LogP contribution is -2.08. The molecule has 21 heavy (non-hydrogen) atoms. The van der Waals surface area contributed by atoms with Crippen molar-refractivity contribution in [1.82, 2.24) is 0 Å². The van der Waals surface area contributed by atoms with Crippen molar-refractivity contribution in [2.75, 3.05) is 0 Å².